The molecule has 2 rings (SSSR count). The molecule has 1 aromatic carbocycles. The van der Waals surface area contributed by atoms with Gasteiger partial charge in [0.05, 0.1) is 12.1 Å². The average Bonchev–Trinajstić information content (AvgIpc) is 2.91. The van der Waals surface area contributed by atoms with Gasteiger partial charge in [-0.3, -0.25) is 0 Å². The van der Waals surface area contributed by atoms with Crippen molar-refractivity contribution in [2.75, 3.05) is 7.11 Å². The van der Waals surface area contributed by atoms with Crippen molar-refractivity contribution in [3.63, 3.8) is 0 Å². The van der Waals surface area contributed by atoms with Gasteiger partial charge in [0.2, 0.25) is 0 Å². The van der Waals surface area contributed by atoms with E-state index in [1.807, 2.05) is 6.07 Å². The smallest absolute Gasteiger partial charge is 0.138 e. The predicted octanol–water partition coefficient (Wildman–Crippen LogP) is 4.97. The minimum atomic E-state index is -0.0449. The molecule has 0 heterocycles. The number of hydrogen-bond acceptors (Lipinski definition) is 2. The maximum atomic E-state index is 6.25. The van der Waals surface area contributed by atoms with Gasteiger partial charge in [0.15, 0.2) is 0 Å². The lowest BCUT2D eigenvalue weighted by atomic mass is 9.95. The minimum Gasteiger partial charge on any atom is -0.495 e. The molecule has 1 fully saturated rings. The van der Waals surface area contributed by atoms with Crippen LogP contribution in [-0.2, 0) is 0 Å². The number of ether oxygens (including phenoxy) is 1. The van der Waals surface area contributed by atoms with Crippen molar-refractivity contribution >= 4 is 23.2 Å². The molecule has 106 valence electrons. The zero-order valence-electron chi connectivity index (χ0n) is 11.3. The minimum absolute atomic E-state index is 0.0449. The van der Waals surface area contributed by atoms with E-state index < -0.39 is 0 Å². The third-order valence-corrected chi connectivity index (χ3v) is 4.65. The summed E-state index contributed by atoms with van der Waals surface area (Å²) in [6, 6.07) is 3.54. The molecule has 0 spiro atoms. The van der Waals surface area contributed by atoms with E-state index in [1.165, 1.54) is 32.1 Å². The van der Waals surface area contributed by atoms with Crippen LogP contribution in [0.4, 0.5) is 0 Å². The topological polar surface area (TPSA) is 35.2 Å². The molecular formula is C15H21Cl2NO. The van der Waals surface area contributed by atoms with E-state index in [4.69, 9.17) is 33.7 Å². The summed E-state index contributed by atoms with van der Waals surface area (Å²) in [4.78, 5) is 0. The van der Waals surface area contributed by atoms with E-state index in [2.05, 4.69) is 0 Å². The maximum Gasteiger partial charge on any atom is 0.138 e. The molecule has 2 N–H and O–H groups in total. The molecular weight excluding hydrogens is 281 g/mol. The predicted molar refractivity (Wildman–Crippen MR) is 81.1 cm³/mol. The van der Waals surface area contributed by atoms with Crippen LogP contribution in [0.1, 0.15) is 50.1 Å². The Morgan fingerprint density at radius 2 is 1.95 bits per heavy atom. The highest BCUT2D eigenvalue weighted by Crippen LogP contribution is 2.36. The highest BCUT2D eigenvalue weighted by atomic mass is 35.5. The lowest BCUT2D eigenvalue weighted by molar-refractivity contribution is 0.414. The van der Waals surface area contributed by atoms with Crippen LogP contribution in [0.25, 0.3) is 0 Å². The van der Waals surface area contributed by atoms with Gasteiger partial charge in [0.25, 0.3) is 0 Å². The van der Waals surface area contributed by atoms with Gasteiger partial charge in [-0.2, -0.15) is 0 Å². The summed E-state index contributed by atoms with van der Waals surface area (Å²) < 4.78 is 5.14. The van der Waals surface area contributed by atoms with Crippen LogP contribution in [0.15, 0.2) is 12.1 Å². The van der Waals surface area contributed by atoms with Crippen molar-refractivity contribution in [3.05, 3.63) is 27.7 Å². The fraction of sp³-hybridized carbons (Fsp3) is 0.600. The van der Waals surface area contributed by atoms with Crippen molar-refractivity contribution in [1.29, 1.82) is 0 Å². The van der Waals surface area contributed by atoms with Crippen LogP contribution in [0.2, 0.25) is 10.0 Å². The first-order valence-corrected chi connectivity index (χ1v) is 7.66. The second-order valence-corrected chi connectivity index (χ2v) is 6.16. The van der Waals surface area contributed by atoms with Gasteiger partial charge in [-0.25, -0.2) is 0 Å². The molecule has 0 amide bonds. The molecule has 0 aromatic heterocycles. The zero-order valence-corrected chi connectivity index (χ0v) is 12.8. The van der Waals surface area contributed by atoms with Crippen molar-refractivity contribution < 1.29 is 4.74 Å². The van der Waals surface area contributed by atoms with Crippen LogP contribution in [0.5, 0.6) is 5.75 Å². The molecule has 0 saturated heterocycles. The molecule has 1 aromatic rings. The summed E-state index contributed by atoms with van der Waals surface area (Å²) in [7, 11) is 1.58. The second-order valence-electron chi connectivity index (χ2n) is 5.34. The number of methoxy groups -OCH3 is 1. The Balaban J connectivity index is 2.01. The molecule has 1 unspecified atom stereocenters. The van der Waals surface area contributed by atoms with Crippen LogP contribution < -0.4 is 10.5 Å². The molecule has 1 atom stereocenters. The highest BCUT2D eigenvalue weighted by Gasteiger charge is 2.18. The monoisotopic (exact) mass is 301 g/mol. The normalized spacial score (nSPS) is 17.7. The molecule has 0 bridgehead atoms. The molecule has 0 radical (unpaired) electrons. The Labute approximate surface area is 125 Å². The molecule has 19 heavy (non-hydrogen) atoms. The summed E-state index contributed by atoms with van der Waals surface area (Å²) >= 11 is 12.4. The fourth-order valence-corrected chi connectivity index (χ4v) is 3.40. The Hall–Kier alpha value is -0.440. The van der Waals surface area contributed by atoms with Crippen LogP contribution in [-0.4, -0.2) is 7.11 Å². The van der Waals surface area contributed by atoms with E-state index in [0.717, 1.165) is 17.9 Å². The summed E-state index contributed by atoms with van der Waals surface area (Å²) in [5, 5.41) is 1.21. The molecule has 2 nitrogen and oxygen atoms in total. The van der Waals surface area contributed by atoms with Crippen LogP contribution in [0.3, 0.4) is 0 Å². The van der Waals surface area contributed by atoms with Gasteiger partial charge < -0.3 is 10.5 Å². The SMILES string of the molecule is COc1cc(Cl)c(C(N)CCC2CCCC2)cc1Cl. The fourth-order valence-electron chi connectivity index (χ4n) is 2.85. The van der Waals surface area contributed by atoms with Crippen molar-refractivity contribution in [1.82, 2.24) is 0 Å². The third kappa shape index (κ3) is 3.77. The molecule has 1 saturated carbocycles. The van der Waals surface area contributed by atoms with Gasteiger partial charge in [-0.05, 0) is 30.4 Å². The van der Waals surface area contributed by atoms with Gasteiger partial charge in [-0.15, -0.1) is 0 Å². The zero-order chi connectivity index (χ0) is 13.8. The number of halogens is 2. The Morgan fingerprint density at radius 1 is 1.26 bits per heavy atom. The van der Waals surface area contributed by atoms with Gasteiger partial charge >= 0.3 is 0 Å². The van der Waals surface area contributed by atoms with Crippen LogP contribution >= 0.6 is 23.2 Å². The van der Waals surface area contributed by atoms with Crippen molar-refractivity contribution in [3.8, 4) is 5.75 Å². The summed E-state index contributed by atoms with van der Waals surface area (Å²) in [6.07, 6.45) is 7.59. The average molecular weight is 302 g/mol. The maximum absolute atomic E-state index is 6.25. The number of nitrogens with two attached hydrogens (primary N) is 1. The number of rotatable bonds is 5. The van der Waals surface area contributed by atoms with E-state index in [0.29, 0.717) is 15.8 Å². The van der Waals surface area contributed by atoms with Gasteiger partial charge in [0, 0.05) is 17.1 Å². The van der Waals surface area contributed by atoms with Crippen molar-refractivity contribution in [2.45, 2.75) is 44.6 Å². The van der Waals surface area contributed by atoms with Crippen molar-refractivity contribution in [2.24, 2.45) is 11.7 Å². The highest BCUT2D eigenvalue weighted by molar-refractivity contribution is 6.34. The summed E-state index contributed by atoms with van der Waals surface area (Å²) in [5.74, 6) is 1.44. The van der Waals surface area contributed by atoms with E-state index in [-0.39, 0.29) is 6.04 Å². The first kappa shape index (κ1) is 15.0. The first-order chi connectivity index (χ1) is 9.11. The number of hydrogen-bond donors (Lipinski definition) is 1. The molecule has 4 heteroatoms. The molecule has 0 aliphatic heterocycles. The van der Waals surface area contributed by atoms with E-state index in [1.54, 1.807) is 13.2 Å². The Bertz CT molecular complexity index is 430. The van der Waals surface area contributed by atoms with Crippen LogP contribution in [0, 0.1) is 5.92 Å². The summed E-state index contributed by atoms with van der Waals surface area (Å²) in [6.45, 7) is 0. The standard InChI is InChI=1S/C15H21Cl2NO/c1-19-15-9-12(16)11(8-13(15)17)14(18)7-6-10-4-2-3-5-10/h8-10,14H,2-7,18H2,1H3. The quantitative estimate of drug-likeness (QED) is 0.833. The number of benzene rings is 1. The Morgan fingerprint density at radius 3 is 2.58 bits per heavy atom. The summed E-state index contributed by atoms with van der Waals surface area (Å²) in [5.41, 5.74) is 7.17. The Kier molecular flexibility index (Phi) is 5.37. The molecule has 1 aliphatic rings. The lowest BCUT2D eigenvalue weighted by Gasteiger charge is -2.17. The van der Waals surface area contributed by atoms with Gasteiger partial charge in [0.1, 0.15) is 5.75 Å². The van der Waals surface area contributed by atoms with Gasteiger partial charge in [-0.1, -0.05) is 48.9 Å². The first-order valence-electron chi connectivity index (χ1n) is 6.90. The lowest BCUT2D eigenvalue weighted by Crippen LogP contribution is -2.12. The third-order valence-electron chi connectivity index (χ3n) is 4.03. The second kappa shape index (κ2) is 6.83. The van der Waals surface area contributed by atoms with E-state index >= 15 is 0 Å². The largest absolute Gasteiger partial charge is 0.495 e. The molecule has 1 aliphatic carbocycles. The van der Waals surface area contributed by atoms with E-state index in [9.17, 15) is 0 Å².